The molecule has 738 valence electrons. The quantitative estimate of drug-likeness (QED) is 0.0179. The van der Waals surface area contributed by atoms with Crippen molar-refractivity contribution in [3.8, 4) is 0 Å². The zero-order valence-corrected chi connectivity index (χ0v) is 81.3. The maximum atomic E-state index is 13.8. The van der Waals surface area contributed by atoms with Gasteiger partial charge in [0.05, 0.1) is 88.9 Å². The fraction of sp³-hybridized carbons (Fsp3) is 0.612. The summed E-state index contributed by atoms with van der Waals surface area (Å²) in [5.41, 5.74) is -2.82. The summed E-state index contributed by atoms with van der Waals surface area (Å²) in [6.45, 7) is -23.0. The van der Waals surface area contributed by atoms with Crippen LogP contribution in [0.4, 0.5) is 11.9 Å². The lowest BCUT2D eigenvalue weighted by atomic mass is 9.94. The first-order valence-electron chi connectivity index (χ1n) is 40.5. The van der Waals surface area contributed by atoms with Gasteiger partial charge in [-0.1, -0.05) is 0 Å². The average Bonchev–Trinajstić information content (AvgIpc) is 1.55. The minimum absolute atomic E-state index is 0.0131. The number of hydrogen-bond acceptors (Lipinski definition) is 44. The number of aromatic amines is 6. The van der Waals surface area contributed by atoms with Gasteiger partial charge in [0.1, 0.15) is 90.4 Å². The van der Waals surface area contributed by atoms with Crippen molar-refractivity contribution in [3.05, 3.63) is 164 Å². The summed E-state index contributed by atoms with van der Waals surface area (Å²) in [5.74, 6) is -0.644. The Labute approximate surface area is 784 Å². The van der Waals surface area contributed by atoms with Crippen molar-refractivity contribution in [2.75, 3.05) is 58.2 Å². The maximum absolute atomic E-state index is 13.8. The number of aromatic nitrogens is 16. The Bertz CT molecular complexity index is 7020. The Morgan fingerprint density at radius 3 is 1.04 bits per heavy atom. The van der Waals surface area contributed by atoms with Gasteiger partial charge in [0.2, 0.25) is 11.9 Å². The number of imidazole rings is 2. The first-order valence-corrected chi connectivity index (χ1v) is 56.0. The second kappa shape index (κ2) is 37.3. The van der Waals surface area contributed by atoms with E-state index in [0.717, 1.165) is 44.1 Å². The topological polar surface area (TPSA) is 734 Å². The van der Waals surface area contributed by atoms with Gasteiger partial charge in [-0.15, -0.1) is 0 Å². The van der Waals surface area contributed by atoms with Gasteiger partial charge in [-0.3, -0.25) is 99.6 Å². The van der Waals surface area contributed by atoms with E-state index < -0.39 is 288 Å². The van der Waals surface area contributed by atoms with Crippen LogP contribution < -0.4 is 67.6 Å². The third kappa shape index (κ3) is 19.4. The number of fused-ring (bicyclic) bond motifs is 8. The fourth-order valence-electron chi connectivity index (χ4n) is 17.5. The highest BCUT2D eigenvalue weighted by atomic mass is 32.5. The van der Waals surface area contributed by atoms with Crippen molar-refractivity contribution >= 4 is 145 Å². The molecule has 0 radical (unpaired) electrons. The molecule has 17 rings (SSSR count). The third-order valence-electron chi connectivity index (χ3n) is 24.3. The number of aliphatic hydroxyl groups is 1. The highest BCUT2D eigenvalue weighted by Gasteiger charge is 2.72. The van der Waals surface area contributed by atoms with Gasteiger partial charge in [0.15, 0.2) is 41.0 Å². The molecule has 8 aromatic heterocycles. The largest absolute Gasteiger partial charge is 0.393 e. The van der Waals surface area contributed by atoms with Crippen LogP contribution in [0.5, 0.6) is 0 Å². The number of anilines is 2. The van der Waals surface area contributed by atoms with Crippen molar-refractivity contribution in [2.45, 2.75) is 213 Å². The molecular formula is C67H86N18O38P6S6. The number of nitrogens with two attached hydrogens (primary N) is 2. The van der Waals surface area contributed by atoms with Crippen LogP contribution in [0.2, 0.25) is 0 Å². The summed E-state index contributed by atoms with van der Waals surface area (Å²) in [4.78, 5) is 233. The van der Waals surface area contributed by atoms with Crippen molar-refractivity contribution in [1.82, 2.24) is 77.2 Å². The van der Waals surface area contributed by atoms with Gasteiger partial charge in [0.25, 0.3) is 33.4 Å². The number of H-pyrrole nitrogens is 6. The summed E-state index contributed by atoms with van der Waals surface area (Å²) in [5, 5.41) is 11.1. The number of hydrogen-bond donors (Lipinski definition) is 15. The number of aryl methyl sites for hydroxylation is 4. The Morgan fingerprint density at radius 2 is 0.696 bits per heavy atom. The molecule has 0 aromatic carbocycles. The van der Waals surface area contributed by atoms with Gasteiger partial charge in [-0.05, 0) is 119 Å². The molecule has 56 nitrogen and oxygen atoms in total. The van der Waals surface area contributed by atoms with Crippen LogP contribution in [0.1, 0.15) is 99.7 Å². The van der Waals surface area contributed by atoms with E-state index in [1.807, 2.05) is 0 Å². The summed E-state index contributed by atoms with van der Waals surface area (Å²) >= 11 is 33.6. The number of rotatable bonds is 35. The van der Waals surface area contributed by atoms with Crippen LogP contribution in [0.15, 0.2) is 85.4 Å². The molecule has 17 N–H and O–H groups in total. The lowest BCUT2D eigenvalue weighted by Crippen LogP contribution is -2.52. The molecule has 0 saturated carbocycles. The van der Waals surface area contributed by atoms with Crippen LogP contribution in [0, 0.1) is 27.7 Å². The van der Waals surface area contributed by atoms with Gasteiger partial charge < -0.3 is 129 Å². The van der Waals surface area contributed by atoms with Crippen molar-refractivity contribution < 1.29 is 131 Å². The van der Waals surface area contributed by atoms with Gasteiger partial charge in [-0.2, -0.15) is 9.97 Å². The highest BCUT2D eigenvalue weighted by Crippen LogP contribution is 2.64. The van der Waals surface area contributed by atoms with E-state index in [2.05, 4.69) is 49.8 Å². The van der Waals surface area contributed by atoms with E-state index >= 15 is 0 Å². The monoisotopic (exact) mass is 2130 g/mol. The standard InChI is InChI=1S/C67H86N18O38P6S6/c1-24-12-80(61(93)76-50(24)87)37-9-31(118-124(97,130)103-8)34(112-37)16-104-125(98,131)119-32-10-38(81-13-25(2)51(88)77-62(81)94)113-35(32)17-105-126(99,132)120-33-11-39(82-14-26(3)52(89)78-63(82)95)114-36(33)18-106-127(100,133)122-47-44-58(85-23-71-41-49(85)73-60(69)75-55(41)92)117-67(47,30(7)111-44)21-108-129(102,135)123-46-43-56(83-15-27(4)53(90)79-64(83)96)116-66(46,29(6)110-43)20-107-128(101,134)121-45-42-57(115-65(45,19-86)28(5)109-42)84-22-70-40-48(84)72-59(68)74-54(40)91/h12-15,22-23,28-39,42-47,56-58,86H,9-11,16-21H2,1-8H3,(H,97,130)(H,98,131)(H,99,132)(H,100,133)(H,101,134)(H,102,135)(H,76,87,93)(H,77,88,94)(H,78,89,95)(H,79,90,96)(H3,68,72,74,91)(H3,69,73,75,92)/t28-,29-,30-,31?,32?,33?,34+,35+,36+,37+,38+,39+,42-,43-,44-,45?,46?,47?,56+,57+,58+,65-,66-,67-,124?,125?,126?,127?,128?,129?/m0/s1. The lowest BCUT2D eigenvalue weighted by Gasteiger charge is -2.38. The van der Waals surface area contributed by atoms with E-state index in [1.165, 1.54) is 69.4 Å². The normalized spacial score (nSPS) is 34.1. The Morgan fingerprint density at radius 1 is 0.407 bits per heavy atom. The van der Waals surface area contributed by atoms with Crippen molar-refractivity contribution in [2.24, 2.45) is 0 Å². The highest BCUT2D eigenvalue weighted by molar-refractivity contribution is 8.08. The number of nitrogens with zero attached hydrogens (tertiary/aromatic N) is 10. The molecule has 17 heterocycles. The molecule has 8 aromatic rings. The first kappa shape index (κ1) is 100. The van der Waals surface area contributed by atoms with Crippen molar-refractivity contribution in [3.63, 3.8) is 0 Å². The van der Waals surface area contributed by atoms with Crippen LogP contribution in [-0.4, -0.2) is 267 Å². The molecule has 0 amide bonds. The molecule has 12 unspecified atom stereocenters. The number of nitrogens with one attached hydrogen (secondary N) is 6. The lowest BCUT2D eigenvalue weighted by molar-refractivity contribution is -0.218. The zero-order chi connectivity index (χ0) is 97.2. The Hall–Kier alpha value is -6.20. The molecule has 9 aliphatic rings. The molecular weight excluding hydrogens is 2040 g/mol. The van der Waals surface area contributed by atoms with Gasteiger partial charge in [0, 0.05) is 73.4 Å². The minimum Gasteiger partial charge on any atom is -0.393 e. The molecule has 9 fully saturated rings. The Balaban J connectivity index is 0.622. The predicted octanol–water partition coefficient (Wildman–Crippen LogP) is -2.79. The van der Waals surface area contributed by atoms with Gasteiger partial charge >= 0.3 is 63.1 Å². The van der Waals surface area contributed by atoms with E-state index in [0.29, 0.717) is 0 Å². The maximum Gasteiger partial charge on any atom is 0.330 e. The smallest absolute Gasteiger partial charge is 0.330 e. The molecule has 9 saturated heterocycles. The zero-order valence-electron chi connectivity index (χ0n) is 71.0. The summed E-state index contributed by atoms with van der Waals surface area (Å²) in [6.07, 6.45) is -23.6. The van der Waals surface area contributed by atoms with Crippen LogP contribution in [-0.2, 0) is 168 Å². The number of nitrogen functional groups attached to an aromatic ring is 2. The van der Waals surface area contributed by atoms with Gasteiger partial charge in [-0.25, -0.2) is 29.1 Å². The fourth-order valence-corrected chi connectivity index (χ4v) is 25.7. The molecule has 9 aliphatic heterocycles. The van der Waals surface area contributed by atoms with E-state index in [4.69, 9.17) is 179 Å². The van der Waals surface area contributed by atoms with E-state index in [9.17, 15) is 82.4 Å². The molecule has 68 heteroatoms. The molecule has 6 bridgehead atoms. The second-order valence-corrected chi connectivity index (χ2v) is 49.6. The van der Waals surface area contributed by atoms with E-state index in [1.54, 1.807) is 6.92 Å². The Kier molecular flexibility index (Phi) is 27.7. The first-order chi connectivity index (χ1) is 63.3. The summed E-state index contributed by atoms with van der Waals surface area (Å²) < 4.78 is 137. The SMILES string of the molecule is COP(O)(=S)OC1C[C@H](n2cc(C)c(=O)[nH]c2=O)O[C@@H]1COP(O)(=S)OC1C[C@H](n2cc(C)c(=O)[nH]c2=O)O[C@@H]1COP(O)(=S)OC1C[C@H](n2cc(C)c(=O)[nH]c2=O)O[C@@H]1COP(O)(=S)OC1[C@@H]2O[C@@H](C)[C@]1(COP(O)(=S)OC1[C@@H]3O[C@@H](C)[C@]1(COP(O)(=S)OC1[C@@H]4O[C@@H](C)[C@]1(CO)O[C@H]4n1cnc4c(=O)[nH]c(N)nc41)O[C@H]3n1cc(C)c(=O)[nH]c1=O)O[C@H]2n1cnc2c(=O)[nH]c(N)nc21. The molecule has 0 aliphatic carbocycles. The van der Waals surface area contributed by atoms with Crippen LogP contribution >= 0.6 is 40.3 Å². The molecule has 135 heavy (non-hydrogen) atoms. The second-order valence-electron chi connectivity index (χ2n) is 32.8. The van der Waals surface area contributed by atoms with Crippen LogP contribution in [0.3, 0.4) is 0 Å². The number of ether oxygens (including phenoxy) is 9. The van der Waals surface area contributed by atoms with E-state index in [-0.39, 0.29) is 69.3 Å². The predicted molar refractivity (Wildman–Crippen MR) is 479 cm³/mol. The minimum atomic E-state index is -4.99. The summed E-state index contributed by atoms with van der Waals surface area (Å²) in [7, 11) is 1.08. The third-order valence-corrected chi connectivity index (χ3v) is 33.7. The number of aliphatic hydroxyl groups excluding tert-OH is 1. The van der Waals surface area contributed by atoms with Crippen LogP contribution in [0.25, 0.3) is 22.3 Å². The molecule has 30 atom stereocenters. The van der Waals surface area contributed by atoms with Crippen molar-refractivity contribution in [1.29, 1.82) is 0 Å². The summed E-state index contributed by atoms with van der Waals surface area (Å²) in [6, 6.07) is 0. The molecule has 0 spiro atoms. The average molecular weight is 2130 g/mol.